The molecule has 34 heavy (non-hydrogen) atoms. The largest absolute Gasteiger partial charge is 0.447 e. The topological polar surface area (TPSA) is 133 Å². The number of halogens is 1. The van der Waals surface area contributed by atoms with Crippen molar-refractivity contribution in [2.75, 3.05) is 11.9 Å². The van der Waals surface area contributed by atoms with Gasteiger partial charge in [0.25, 0.3) is 5.91 Å². The first-order valence-corrected chi connectivity index (χ1v) is 11.1. The van der Waals surface area contributed by atoms with Crippen molar-refractivity contribution in [1.82, 2.24) is 24.7 Å². The second-order valence-electron chi connectivity index (χ2n) is 8.04. The molecule has 3 aromatic heterocycles. The van der Waals surface area contributed by atoms with Gasteiger partial charge in [-0.05, 0) is 32.6 Å². The Morgan fingerprint density at radius 1 is 1.29 bits per heavy atom. The zero-order valence-electron chi connectivity index (χ0n) is 18.5. The molecular formula is C22H23FN8O3. The quantitative estimate of drug-likeness (QED) is 0.563. The maximum atomic E-state index is 13.7. The Hall–Kier alpha value is -3.80. The van der Waals surface area contributed by atoms with Crippen LogP contribution in [0.15, 0.2) is 45.7 Å². The molecule has 1 aliphatic carbocycles. The minimum absolute atomic E-state index is 0.00170. The van der Waals surface area contributed by atoms with Gasteiger partial charge in [-0.25, -0.2) is 4.98 Å². The monoisotopic (exact) mass is 466 g/mol. The van der Waals surface area contributed by atoms with Crippen LogP contribution in [0.4, 0.5) is 10.1 Å². The highest BCUT2D eigenvalue weighted by Crippen LogP contribution is 2.33. The van der Waals surface area contributed by atoms with Crippen LogP contribution in [-0.4, -0.2) is 55.5 Å². The van der Waals surface area contributed by atoms with Gasteiger partial charge in [0.05, 0.1) is 24.0 Å². The van der Waals surface area contributed by atoms with E-state index in [0.717, 1.165) is 25.7 Å². The number of amides is 1. The van der Waals surface area contributed by atoms with Gasteiger partial charge in [0.2, 0.25) is 11.9 Å². The van der Waals surface area contributed by atoms with E-state index in [4.69, 9.17) is 14.3 Å². The molecule has 0 spiro atoms. The zero-order valence-corrected chi connectivity index (χ0v) is 18.5. The van der Waals surface area contributed by atoms with Crippen LogP contribution in [0.2, 0.25) is 0 Å². The average molecular weight is 466 g/mol. The molecule has 176 valence electrons. The van der Waals surface area contributed by atoms with E-state index in [1.54, 1.807) is 24.8 Å². The van der Waals surface area contributed by atoms with Gasteiger partial charge in [-0.15, -0.1) is 5.10 Å². The number of nitrogens with zero attached hydrogens (tertiary/aromatic N) is 7. The second-order valence-corrected chi connectivity index (χ2v) is 8.04. The first-order valence-electron chi connectivity index (χ1n) is 11.1. The van der Waals surface area contributed by atoms with E-state index in [1.807, 2.05) is 11.6 Å². The first kappa shape index (κ1) is 22.0. The van der Waals surface area contributed by atoms with Crippen LogP contribution < -0.4 is 5.32 Å². The van der Waals surface area contributed by atoms with Crippen molar-refractivity contribution in [2.45, 2.75) is 50.7 Å². The summed E-state index contributed by atoms with van der Waals surface area (Å²) >= 11 is 0. The van der Waals surface area contributed by atoms with Crippen molar-refractivity contribution in [3.05, 3.63) is 42.6 Å². The summed E-state index contributed by atoms with van der Waals surface area (Å²) in [7, 11) is 0. The molecule has 11 nitrogen and oxygen atoms in total. The van der Waals surface area contributed by atoms with E-state index in [9.17, 15) is 9.18 Å². The molecule has 1 unspecified atom stereocenters. The summed E-state index contributed by atoms with van der Waals surface area (Å²) in [4.78, 5) is 25.5. The van der Waals surface area contributed by atoms with Gasteiger partial charge >= 0.3 is 0 Å². The lowest BCUT2D eigenvalue weighted by Crippen LogP contribution is -2.24. The Morgan fingerprint density at radius 2 is 2.15 bits per heavy atom. The third kappa shape index (κ3) is 4.49. The molecule has 3 aromatic rings. The van der Waals surface area contributed by atoms with Crippen molar-refractivity contribution < 1.29 is 18.3 Å². The summed E-state index contributed by atoms with van der Waals surface area (Å²) < 4.78 is 26.6. The minimum Gasteiger partial charge on any atom is -0.447 e. The fourth-order valence-corrected chi connectivity index (χ4v) is 4.16. The summed E-state index contributed by atoms with van der Waals surface area (Å²) in [6.07, 6.45) is 13.0. The summed E-state index contributed by atoms with van der Waals surface area (Å²) in [5, 5.41) is 14.4. The number of anilines is 1. The smallest absolute Gasteiger partial charge is 0.277 e. The van der Waals surface area contributed by atoms with Crippen molar-refractivity contribution in [2.24, 2.45) is 10.2 Å². The summed E-state index contributed by atoms with van der Waals surface area (Å²) in [5.41, 5.74) is 1.49. The fraction of sp³-hybridized carbons (Fsp3) is 0.409. The number of oxazole rings is 1. The third-order valence-electron chi connectivity index (χ3n) is 5.85. The predicted molar refractivity (Wildman–Crippen MR) is 120 cm³/mol. The molecule has 0 bridgehead atoms. The Bertz CT molecular complexity index is 1210. The van der Waals surface area contributed by atoms with Crippen molar-refractivity contribution in [3.8, 4) is 11.4 Å². The molecule has 0 radical (unpaired) electrons. The van der Waals surface area contributed by atoms with Crippen LogP contribution in [0.3, 0.4) is 0 Å². The summed E-state index contributed by atoms with van der Waals surface area (Å²) in [6.45, 7) is 2.71. The van der Waals surface area contributed by atoms with Gasteiger partial charge in [0.1, 0.15) is 23.6 Å². The number of hydrogen-bond acceptors (Lipinski definition) is 9. The predicted octanol–water partition coefficient (Wildman–Crippen LogP) is 3.55. The average Bonchev–Trinajstić information content (AvgIpc) is 3.60. The molecular weight excluding hydrogens is 443 g/mol. The van der Waals surface area contributed by atoms with Crippen LogP contribution in [0.25, 0.3) is 11.4 Å². The van der Waals surface area contributed by atoms with Crippen LogP contribution in [0.5, 0.6) is 0 Å². The third-order valence-corrected chi connectivity index (χ3v) is 5.85. The highest BCUT2D eigenvalue weighted by molar-refractivity contribution is 6.05. The Labute approximate surface area is 194 Å². The Kier molecular flexibility index (Phi) is 6.21. The second kappa shape index (κ2) is 9.59. The molecule has 1 fully saturated rings. The number of hydrogen-bond donors (Lipinski definition) is 1. The van der Waals surface area contributed by atoms with Crippen LogP contribution in [-0.2, 0) is 4.74 Å². The Morgan fingerprint density at radius 3 is 2.85 bits per heavy atom. The van der Waals surface area contributed by atoms with E-state index in [0.29, 0.717) is 23.7 Å². The first-order chi connectivity index (χ1) is 16.6. The van der Waals surface area contributed by atoms with Crippen molar-refractivity contribution in [3.63, 3.8) is 0 Å². The van der Waals surface area contributed by atoms with E-state index in [-0.39, 0.29) is 23.7 Å². The highest BCUT2D eigenvalue weighted by atomic mass is 19.1. The van der Waals surface area contributed by atoms with Gasteiger partial charge in [-0.2, -0.15) is 14.6 Å². The van der Waals surface area contributed by atoms with Gasteiger partial charge in [-0.3, -0.25) is 19.4 Å². The van der Waals surface area contributed by atoms with Crippen LogP contribution in [0, 0.1) is 0 Å². The minimum atomic E-state index is -0.925. The van der Waals surface area contributed by atoms with Gasteiger partial charge in [0, 0.05) is 31.4 Å². The molecule has 0 saturated heterocycles. The van der Waals surface area contributed by atoms with Gasteiger partial charge < -0.3 is 14.5 Å². The normalized spacial score (nSPS) is 22.1. The van der Waals surface area contributed by atoms with E-state index in [1.165, 1.54) is 12.5 Å². The molecule has 1 atom stereocenters. The molecule has 5 rings (SSSR count). The summed E-state index contributed by atoms with van der Waals surface area (Å²) in [5.74, 6) is -2.18. The number of rotatable bonds is 7. The zero-order chi connectivity index (χ0) is 23.5. The maximum absolute atomic E-state index is 13.7. The number of ether oxygens (including phenoxy) is 1. The standard InChI is InChI=1S/C22H23FN8O3/c1-2-33-14-5-3-13(4-6-14)31-11-17(19(30-31)16-10-24-7-8-25-16)27-21(32)18-12-34-22(28-18)15-9-26-29-20(15)23/h7-15H,2-6H2,1H3,(H,27,32). The molecule has 0 aromatic carbocycles. The van der Waals surface area contributed by atoms with Crippen molar-refractivity contribution >= 4 is 23.8 Å². The van der Waals surface area contributed by atoms with Crippen molar-refractivity contribution in [1.29, 1.82) is 0 Å². The van der Waals surface area contributed by atoms with Gasteiger partial charge in [-0.1, -0.05) is 0 Å². The fourth-order valence-electron chi connectivity index (χ4n) is 4.16. The van der Waals surface area contributed by atoms with Crippen LogP contribution >= 0.6 is 0 Å². The lowest BCUT2D eigenvalue weighted by Gasteiger charge is -2.28. The highest BCUT2D eigenvalue weighted by Gasteiger charge is 2.28. The molecule has 12 heteroatoms. The maximum Gasteiger partial charge on any atom is 0.277 e. The molecule has 1 N–H and O–H groups in total. The Balaban J connectivity index is 1.37. The van der Waals surface area contributed by atoms with Crippen LogP contribution in [0.1, 0.15) is 60.9 Å². The van der Waals surface area contributed by atoms with E-state index < -0.39 is 17.8 Å². The van der Waals surface area contributed by atoms with Gasteiger partial charge in [0.15, 0.2) is 5.69 Å². The lowest BCUT2D eigenvalue weighted by molar-refractivity contribution is 0.0260. The molecule has 1 saturated carbocycles. The molecule has 1 amide bonds. The number of aromatic nitrogens is 5. The lowest BCUT2D eigenvalue weighted by atomic mass is 9.93. The number of carbonyl (C=O) groups excluding carboxylic acids is 1. The SMILES string of the molecule is CCOC1CCC(n2cc(NC(=O)c3coc(C4C=NN=C4F)n3)c(-c3cnccn3)n2)CC1. The number of carbonyl (C=O) groups is 1. The number of nitrogens with one attached hydrogen (secondary N) is 1. The summed E-state index contributed by atoms with van der Waals surface area (Å²) in [6, 6.07) is 0.181. The molecule has 4 heterocycles. The molecule has 1 aliphatic heterocycles. The van der Waals surface area contributed by atoms with E-state index >= 15 is 0 Å². The van der Waals surface area contributed by atoms with E-state index in [2.05, 4.69) is 30.5 Å². The molecule has 2 aliphatic rings.